The molecule has 0 unspecified atom stereocenters. The van der Waals surface area contributed by atoms with Crippen LogP contribution in [0.2, 0.25) is 0 Å². The number of anilines is 1. The average molecular weight is 418 g/mol. The van der Waals surface area contributed by atoms with Crippen LogP contribution < -0.4 is 5.32 Å². The van der Waals surface area contributed by atoms with Crippen LogP contribution >= 0.6 is 0 Å². The molecule has 4 aromatic carbocycles. The molecule has 32 heavy (non-hydrogen) atoms. The molecule has 3 heteroatoms. The summed E-state index contributed by atoms with van der Waals surface area (Å²) in [4.78, 5) is 4.65. The quantitative estimate of drug-likeness (QED) is 0.311. The van der Waals surface area contributed by atoms with Crippen molar-refractivity contribution in [3.05, 3.63) is 115 Å². The van der Waals surface area contributed by atoms with Gasteiger partial charge in [0.2, 0.25) is 0 Å². The average Bonchev–Trinajstić information content (AvgIpc) is 3.27. The summed E-state index contributed by atoms with van der Waals surface area (Å²) in [6.07, 6.45) is 1.90. The van der Waals surface area contributed by atoms with Crippen LogP contribution in [0.25, 0.3) is 27.8 Å². The van der Waals surface area contributed by atoms with Gasteiger partial charge in [-0.25, -0.2) is 4.98 Å². The van der Waals surface area contributed by atoms with Crippen molar-refractivity contribution in [2.75, 3.05) is 5.32 Å². The standard InChI is InChI=1S/C29H27N3/c1-21(2)23-10-8-22(9-11-23)19-30-26-14-17-29-28(18-26)31-20-32(29)27-15-12-25(13-16-27)24-6-4-3-5-7-24/h3-18,20-21,30H,19H2,1-2H3. The third-order valence-electron chi connectivity index (χ3n) is 5.94. The summed E-state index contributed by atoms with van der Waals surface area (Å²) in [6.45, 7) is 5.24. The fraction of sp³-hybridized carbons (Fsp3) is 0.138. The van der Waals surface area contributed by atoms with Gasteiger partial charge in [0.25, 0.3) is 0 Å². The summed E-state index contributed by atoms with van der Waals surface area (Å²) in [5.74, 6) is 0.559. The Kier molecular flexibility index (Phi) is 5.47. The lowest BCUT2D eigenvalue weighted by Gasteiger charge is -2.10. The zero-order chi connectivity index (χ0) is 21.9. The van der Waals surface area contributed by atoms with E-state index in [0.717, 1.165) is 29.0 Å². The number of hydrogen-bond acceptors (Lipinski definition) is 2. The first-order chi connectivity index (χ1) is 15.7. The van der Waals surface area contributed by atoms with E-state index >= 15 is 0 Å². The molecule has 5 aromatic rings. The Labute approximate surface area is 189 Å². The van der Waals surface area contributed by atoms with Crippen LogP contribution in [0.15, 0.2) is 103 Å². The van der Waals surface area contributed by atoms with Crippen LogP contribution in [-0.2, 0) is 6.54 Å². The van der Waals surface area contributed by atoms with Gasteiger partial charge in [0, 0.05) is 17.9 Å². The van der Waals surface area contributed by atoms with E-state index in [2.05, 4.69) is 120 Å². The molecule has 158 valence electrons. The summed E-state index contributed by atoms with van der Waals surface area (Å²) in [5.41, 5.74) is 9.36. The van der Waals surface area contributed by atoms with E-state index in [1.807, 2.05) is 12.4 Å². The maximum absolute atomic E-state index is 4.65. The third kappa shape index (κ3) is 4.15. The van der Waals surface area contributed by atoms with E-state index in [-0.39, 0.29) is 0 Å². The molecule has 0 aliphatic carbocycles. The van der Waals surface area contributed by atoms with E-state index in [1.54, 1.807) is 0 Å². The molecule has 0 saturated carbocycles. The van der Waals surface area contributed by atoms with Crippen molar-refractivity contribution in [3.63, 3.8) is 0 Å². The van der Waals surface area contributed by atoms with Crippen molar-refractivity contribution in [1.29, 1.82) is 0 Å². The Morgan fingerprint density at radius 2 is 1.50 bits per heavy atom. The molecular formula is C29H27N3. The molecule has 0 bridgehead atoms. The fourth-order valence-corrected chi connectivity index (χ4v) is 4.00. The van der Waals surface area contributed by atoms with Crippen molar-refractivity contribution in [2.24, 2.45) is 0 Å². The van der Waals surface area contributed by atoms with Gasteiger partial charge in [0.05, 0.1) is 11.0 Å². The molecule has 1 N–H and O–H groups in total. The van der Waals surface area contributed by atoms with E-state index < -0.39 is 0 Å². The van der Waals surface area contributed by atoms with Gasteiger partial charge in [-0.1, -0.05) is 80.6 Å². The van der Waals surface area contributed by atoms with Crippen molar-refractivity contribution < 1.29 is 0 Å². The van der Waals surface area contributed by atoms with Crippen LogP contribution in [0.5, 0.6) is 0 Å². The molecule has 0 atom stereocenters. The van der Waals surface area contributed by atoms with Crippen molar-refractivity contribution in [3.8, 4) is 16.8 Å². The van der Waals surface area contributed by atoms with Crippen molar-refractivity contribution in [2.45, 2.75) is 26.3 Å². The Bertz CT molecular complexity index is 1310. The number of rotatable bonds is 6. The molecule has 0 fully saturated rings. The number of aromatic nitrogens is 2. The number of nitrogens with zero attached hydrogens (tertiary/aromatic N) is 2. The maximum Gasteiger partial charge on any atom is 0.100 e. The SMILES string of the molecule is CC(C)c1ccc(CNc2ccc3c(c2)ncn3-c2ccc(-c3ccccc3)cc2)cc1. The second-order valence-corrected chi connectivity index (χ2v) is 8.48. The first kappa shape index (κ1) is 20.1. The van der Waals surface area contributed by atoms with E-state index in [4.69, 9.17) is 0 Å². The lowest BCUT2D eigenvalue weighted by atomic mass is 10.0. The zero-order valence-corrected chi connectivity index (χ0v) is 18.5. The van der Waals surface area contributed by atoms with Crippen LogP contribution in [0.4, 0.5) is 5.69 Å². The molecule has 0 amide bonds. The molecule has 0 aliphatic heterocycles. The molecule has 0 radical (unpaired) electrons. The molecule has 5 rings (SSSR count). The van der Waals surface area contributed by atoms with Gasteiger partial charge in [-0.05, 0) is 58.5 Å². The Morgan fingerprint density at radius 3 is 2.22 bits per heavy atom. The molecule has 0 saturated heterocycles. The number of hydrogen-bond donors (Lipinski definition) is 1. The second kappa shape index (κ2) is 8.72. The predicted octanol–water partition coefficient (Wildman–Crippen LogP) is 7.43. The smallest absolute Gasteiger partial charge is 0.100 e. The van der Waals surface area contributed by atoms with E-state index in [0.29, 0.717) is 5.92 Å². The number of imidazole rings is 1. The lowest BCUT2D eigenvalue weighted by molar-refractivity contribution is 0.865. The van der Waals surface area contributed by atoms with Crippen molar-refractivity contribution in [1.82, 2.24) is 9.55 Å². The van der Waals surface area contributed by atoms with E-state index in [1.165, 1.54) is 22.3 Å². The number of benzene rings is 4. The summed E-state index contributed by atoms with van der Waals surface area (Å²) >= 11 is 0. The molecular weight excluding hydrogens is 390 g/mol. The lowest BCUT2D eigenvalue weighted by Crippen LogP contribution is -2.00. The summed E-state index contributed by atoms with van der Waals surface area (Å²) in [6, 6.07) is 34.3. The Balaban J connectivity index is 1.32. The highest BCUT2D eigenvalue weighted by molar-refractivity contribution is 5.81. The first-order valence-electron chi connectivity index (χ1n) is 11.1. The molecule has 1 aromatic heterocycles. The van der Waals surface area contributed by atoms with Gasteiger partial charge >= 0.3 is 0 Å². The van der Waals surface area contributed by atoms with Gasteiger partial charge in [-0.2, -0.15) is 0 Å². The minimum Gasteiger partial charge on any atom is -0.381 e. The third-order valence-corrected chi connectivity index (χ3v) is 5.94. The van der Waals surface area contributed by atoms with Gasteiger partial charge < -0.3 is 5.32 Å². The fourth-order valence-electron chi connectivity index (χ4n) is 4.00. The first-order valence-corrected chi connectivity index (χ1v) is 11.1. The molecule has 0 spiro atoms. The van der Waals surface area contributed by atoms with Gasteiger partial charge in [0.1, 0.15) is 6.33 Å². The second-order valence-electron chi connectivity index (χ2n) is 8.48. The van der Waals surface area contributed by atoms with Gasteiger partial charge in [-0.15, -0.1) is 0 Å². The number of fused-ring (bicyclic) bond motifs is 1. The minimum atomic E-state index is 0.559. The summed E-state index contributed by atoms with van der Waals surface area (Å²) < 4.78 is 2.14. The highest BCUT2D eigenvalue weighted by Crippen LogP contribution is 2.25. The Hall–Kier alpha value is -3.85. The van der Waals surface area contributed by atoms with E-state index in [9.17, 15) is 0 Å². The molecule has 3 nitrogen and oxygen atoms in total. The van der Waals surface area contributed by atoms with Crippen LogP contribution in [0.1, 0.15) is 30.9 Å². The topological polar surface area (TPSA) is 29.9 Å². The van der Waals surface area contributed by atoms with Crippen molar-refractivity contribution >= 4 is 16.7 Å². The molecule has 0 aliphatic rings. The van der Waals surface area contributed by atoms with Crippen LogP contribution in [0, 0.1) is 0 Å². The zero-order valence-electron chi connectivity index (χ0n) is 18.5. The highest BCUT2D eigenvalue weighted by atomic mass is 15.0. The van der Waals surface area contributed by atoms with Gasteiger partial charge in [-0.3, -0.25) is 4.57 Å². The summed E-state index contributed by atoms with van der Waals surface area (Å²) in [5, 5.41) is 3.53. The molecule has 1 heterocycles. The largest absolute Gasteiger partial charge is 0.381 e. The normalized spacial score (nSPS) is 11.2. The monoisotopic (exact) mass is 417 g/mol. The Morgan fingerprint density at radius 1 is 0.781 bits per heavy atom. The predicted molar refractivity (Wildman–Crippen MR) is 134 cm³/mol. The minimum absolute atomic E-state index is 0.559. The highest BCUT2D eigenvalue weighted by Gasteiger charge is 2.07. The van der Waals surface area contributed by atoms with Crippen LogP contribution in [0.3, 0.4) is 0 Å². The van der Waals surface area contributed by atoms with Gasteiger partial charge in [0.15, 0.2) is 0 Å². The number of nitrogens with one attached hydrogen (secondary N) is 1. The summed E-state index contributed by atoms with van der Waals surface area (Å²) in [7, 11) is 0. The maximum atomic E-state index is 4.65. The van der Waals surface area contributed by atoms with Crippen LogP contribution in [-0.4, -0.2) is 9.55 Å².